The Balaban J connectivity index is 2.47. The van der Waals surface area contributed by atoms with Gasteiger partial charge >= 0.3 is 0 Å². The van der Waals surface area contributed by atoms with Crippen molar-refractivity contribution in [2.75, 3.05) is 13.2 Å². The molecule has 0 bridgehead atoms. The highest BCUT2D eigenvalue weighted by atomic mass is 19.1. The van der Waals surface area contributed by atoms with Crippen LogP contribution in [0.25, 0.3) is 6.08 Å². The fourth-order valence-electron chi connectivity index (χ4n) is 1.31. The monoisotopic (exact) mass is 180 g/mol. The van der Waals surface area contributed by atoms with Crippen LogP contribution in [0.1, 0.15) is 5.56 Å². The van der Waals surface area contributed by atoms with E-state index < -0.39 is 0 Å². The Morgan fingerprint density at radius 3 is 3.08 bits per heavy atom. The van der Waals surface area contributed by atoms with Gasteiger partial charge in [0, 0.05) is 5.56 Å². The molecule has 68 valence electrons. The summed E-state index contributed by atoms with van der Waals surface area (Å²) in [6.07, 6.45) is 1.75. The first-order valence-corrected chi connectivity index (χ1v) is 4.03. The lowest BCUT2D eigenvalue weighted by Crippen LogP contribution is -2.10. The number of benzene rings is 1. The van der Waals surface area contributed by atoms with Crippen LogP contribution in [0.5, 0.6) is 5.75 Å². The standard InChI is InChI=1S/C10H9FO2/c11-9-3-1-2-8-4-7(5-12)6-13-10(8)9/h1-4,12H,5-6H2. The summed E-state index contributed by atoms with van der Waals surface area (Å²) in [6.45, 7) is 0.223. The number of hydrogen-bond donors (Lipinski definition) is 1. The minimum absolute atomic E-state index is 0.0457. The summed E-state index contributed by atoms with van der Waals surface area (Å²) in [6, 6.07) is 4.73. The number of hydrogen-bond acceptors (Lipinski definition) is 2. The molecule has 1 aliphatic heterocycles. The molecule has 3 heteroatoms. The van der Waals surface area contributed by atoms with Crippen LogP contribution in [-0.4, -0.2) is 18.3 Å². The predicted molar refractivity (Wildman–Crippen MR) is 47.0 cm³/mol. The van der Waals surface area contributed by atoms with Gasteiger partial charge in [0.05, 0.1) is 6.61 Å². The number of aliphatic hydroxyl groups is 1. The van der Waals surface area contributed by atoms with E-state index in [0.717, 1.165) is 5.57 Å². The van der Waals surface area contributed by atoms with Gasteiger partial charge in [0.2, 0.25) is 0 Å². The Hall–Kier alpha value is -1.35. The summed E-state index contributed by atoms with van der Waals surface area (Å²) in [5.74, 6) is -0.0783. The summed E-state index contributed by atoms with van der Waals surface area (Å²) >= 11 is 0. The smallest absolute Gasteiger partial charge is 0.165 e. The molecule has 0 unspecified atom stereocenters. The van der Waals surface area contributed by atoms with E-state index >= 15 is 0 Å². The van der Waals surface area contributed by atoms with Crippen molar-refractivity contribution < 1.29 is 14.2 Å². The number of aliphatic hydroxyl groups excluding tert-OH is 1. The highest BCUT2D eigenvalue weighted by Crippen LogP contribution is 2.28. The van der Waals surface area contributed by atoms with E-state index in [-0.39, 0.29) is 24.8 Å². The fraction of sp³-hybridized carbons (Fsp3) is 0.200. The van der Waals surface area contributed by atoms with E-state index in [2.05, 4.69) is 0 Å². The van der Waals surface area contributed by atoms with E-state index in [1.807, 2.05) is 0 Å². The Morgan fingerprint density at radius 2 is 2.31 bits per heavy atom. The van der Waals surface area contributed by atoms with Crippen LogP contribution in [0.15, 0.2) is 23.8 Å². The SMILES string of the molecule is OCC1=Cc2cccc(F)c2OC1. The molecule has 0 amide bonds. The second kappa shape index (κ2) is 3.18. The van der Waals surface area contributed by atoms with Gasteiger partial charge in [-0.1, -0.05) is 12.1 Å². The molecule has 0 atom stereocenters. The predicted octanol–water partition coefficient (Wildman–Crippen LogP) is 1.59. The number of rotatable bonds is 1. The molecule has 1 aromatic rings. The van der Waals surface area contributed by atoms with Crippen LogP contribution in [0.4, 0.5) is 4.39 Å². The first-order chi connectivity index (χ1) is 6.31. The molecular formula is C10H9FO2. The van der Waals surface area contributed by atoms with Gasteiger partial charge in [-0.3, -0.25) is 0 Å². The maximum absolute atomic E-state index is 13.1. The van der Waals surface area contributed by atoms with Gasteiger partial charge in [-0.25, -0.2) is 4.39 Å². The van der Waals surface area contributed by atoms with Crippen molar-refractivity contribution in [3.05, 3.63) is 35.2 Å². The fourth-order valence-corrected chi connectivity index (χ4v) is 1.31. The maximum atomic E-state index is 13.1. The van der Waals surface area contributed by atoms with E-state index in [9.17, 15) is 4.39 Å². The Bertz CT molecular complexity index is 358. The molecule has 0 spiro atoms. The van der Waals surface area contributed by atoms with Crippen molar-refractivity contribution in [2.45, 2.75) is 0 Å². The molecule has 0 aromatic heterocycles. The molecule has 2 rings (SSSR count). The second-order valence-electron chi connectivity index (χ2n) is 2.91. The molecule has 0 radical (unpaired) electrons. The molecule has 13 heavy (non-hydrogen) atoms. The third-order valence-electron chi connectivity index (χ3n) is 1.96. The molecule has 0 aliphatic carbocycles. The Labute approximate surface area is 75.3 Å². The van der Waals surface area contributed by atoms with E-state index in [0.29, 0.717) is 5.56 Å². The van der Waals surface area contributed by atoms with Crippen molar-refractivity contribution in [3.63, 3.8) is 0 Å². The summed E-state index contributed by atoms with van der Waals surface area (Å²) in [4.78, 5) is 0. The third-order valence-corrected chi connectivity index (χ3v) is 1.96. The van der Waals surface area contributed by atoms with Crippen molar-refractivity contribution in [2.24, 2.45) is 0 Å². The molecule has 0 saturated carbocycles. The topological polar surface area (TPSA) is 29.5 Å². The van der Waals surface area contributed by atoms with Gasteiger partial charge in [-0.05, 0) is 17.7 Å². The lowest BCUT2D eigenvalue weighted by Gasteiger charge is -2.16. The number of ether oxygens (including phenoxy) is 1. The molecule has 1 N–H and O–H groups in total. The van der Waals surface area contributed by atoms with Crippen molar-refractivity contribution in [1.82, 2.24) is 0 Å². The Morgan fingerprint density at radius 1 is 1.46 bits per heavy atom. The van der Waals surface area contributed by atoms with Crippen LogP contribution in [-0.2, 0) is 0 Å². The van der Waals surface area contributed by atoms with Crippen LogP contribution in [0.2, 0.25) is 0 Å². The van der Waals surface area contributed by atoms with Gasteiger partial charge in [-0.2, -0.15) is 0 Å². The minimum atomic E-state index is -0.356. The zero-order chi connectivity index (χ0) is 9.26. The largest absolute Gasteiger partial charge is 0.485 e. The highest BCUT2D eigenvalue weighted by Gasteiger charge is 2.13. The summed E-state index contributed by atoms with van der Waals surface area (Å²) < 4.78 is 18.2. The van der Waals surface area contributed by atoms with Crippen LogP contribution in [0.3, 0.4) is 0 Å². The summed E-state index contributed by atoms with van der Waals surface area (Å²) in [5.41, 5.74) is 1.45. The van der Waals surface area contributed by atoms with E-state index in [1.165, 1.54) is 6.07 Å². The van der Waals surface area contributed by atoms with E-state index in [1.54, 1.807) is 18.2 Å². The first-order valence-electron chi connectivity index (χ1n) is 4.03. The number of para-hydroxylation sites is 1. The average Bonchev–Trinajstić information content (AvgIpc) is 2.18. The molecular weight excluding hydrogens is 171 g/mol. The molecule has 0 saturated heterocycles. The lowest BCUT2D eigenvalue weighted by atomic mass is 10.1. The van der Waals surface area contributed by atoms with Gasteiger partial charge in [0.25, 0.3) is 0 Å². The molecule has 0 fully saturated rings. The van der Waals surface area contributed by atoms with Gasteiger partial charge < -0.3 is 9.84 Å². The van der Waals surface area contributed by atoms with E-state index in [4.69, 9.17) is 9.84 Å². The van der Waals surface area contributed by atoms with Crippen LogP contribution >= 0.6 is 0 Å². The quantitative estimate of drug-likeness (QED) is 0.711. The molecule has 1 aliphatic rings. The zero-order valence-electron chi connectivity index (χ0n) is 6.96. The zero-order valence-corrected chi connectivity index (χ0v) is 6.96. The van der Waals surface area contributed by atoms with Gasteiger partial charge in [0.1, 0.15) is 6.61 Å². The second-order valence-corrected chi connectivity index (χ2v) is 2.91. The van der Waals surface area contributed by atoms with Crippen molar-refractivity contribution >= 4 is 6.08 Å². The van der Waals surface area contributed by atoms with Gasteiger partial charge in [0.15, 0.2) is 11.6 Å². The first kappa shape index (κ1) is 8.26. The van der Waals surface area contributed by atoms with Crippen molar-refractivity contribution in [1.29, 1.82) is 0 Å². The third kappa shape index (κ3) is 1.42. The molecule has 1 heterocycles. The van der Waals surface area contributed by atoms with Crippen molar-refractivity contribution in [3.8, 4) is 5.75 Å². The summed E-state index contributed by atoms with van der Waals surface area (Å²) in [5, 5.41) is 8.84. The van der Waals surface area contributed by atoms with Crippen LogP contribution in [0, 0.1) is 5.82 Å². The Kier molecular flexibility index (Phi) is 2.02. The number of halogens is 1. The number of fused-ring (bicyclic) bond motifs is 1. The lowest BCUT2D eigenvalue weighted by molar-refractivity contribution is 0.278. The average molecular weight is 180 g/mol. The van der Waals surface area contributed by atoms with Crippen LogP contribution < -0.4 is 4.74 Å². The maximum Gasteiger partial charge on any atom is 0.165 e. The van der Waals surface area contributed by atoms with Gasteiger partial charge in [-0.15, -0.1) is 0 Å². The minimum Gasteiger partial charge on any atom is -0.485 e. The molecule has 1 aromatic carbocycles. The molecule has 2 nitrogen and oxygen atoms in total. The summed E-state index contributed by atoms with van der Waals surface area (Å²) in [7, 11) is 0. The normalized spacial score (nSPS) is 14.5. The highest BCUT2D eigenvalue weighted by molar-refractivity contribution is 5.62.